The zero-order valence-corrected chi connectivity index (χ0v) is 12.7. The van der Waals surface area contributed by atoms with Gasteiger partial charge in [0, 0.05) is 29.1 Å². The minimum Gasteiger partial charge on any atom is -0.361 e. The minimum absolute atomic E-state index is 0.0523. The maximum atomic E-state index is 12.4. The molecule has 2 aromatic rings. The molecule has 3 nitrogen and oxygen atoms in total. The van der Waals surface area contributed by atoms with Gasteiger partial charge in [-0.3, -0.25) is 4.79 Å². The molecule has 108 valence electrons. The van der Waals surface area contributed by atoms with Gasteiger partial charge in [-0.1, -0.05) is 45.9 Å². The van der Waals surface area contributed by atoms with E-state index < -0.39 is 0 Å². The normalized spacial score (nSPS) is 13.3. The van der Waals surface area contributed by atoms with Crippen molar-refractivity contribution in [1.82, 2.24) is 10.3 Å². The molecule has 0 aliphatic rings. The van der Waals surface area contributed by atoms with E-state index in [4.69, 9.17) is 0 Å². The van der Waals surface area contributed by atoms with Crippen molar-refractivity contribution >= 4 is 16.7 Å². The molecule has 0 amide bonds. The second kappa shape index (κ2) is 6.23. The summed E-state index contributed by atoms with van der Waals surface area (Å²) in [6.45, 7) is 8.09. The Hall–Kier alpha value is -1.61. The lowest BCUT2D eigenvalue weighted by molar-refractivity contribution is -0.124. The van der Waals surface area contributed by atoms with Gasteiger partial charge in [0.2, 0.25) is 0 Å². The lowest BCUT2D eigenvalue weighted by Gasteiger charge is -2.21. The number of carbonyl (C=O) groups is 1. The maximum Gasteiger partial charge on any atom is 0.152 e. The van der Waals surface area contributed by atoms with Gasteiger partial charge in [0.25, 0.3) is 0 Å². The van der Waals surface area contributed by atoms with Gasteiger partial charge < -0.3 is 10.3 Å². The molecule has 2 rings (SSSR count). The van der Waals surface area contributed by atoms with Gasteiger partial charge in [-0.25, -0.2) is 0 Å². The second-order valence-electron chi connectivity index (χ2n) is 5.99. The molecule has 0 spiro atoms. The van der Waals surface area contributed by atoms with Crippen LogP contribution in [-0.2, 0) is 11.2 Å². The number of ketones is 1. The largest absolute Gasteiger partial charge is 0.361 e. The fourth-order valence-electron chi connectivity index (χ4n) is 2.57. The summed E-state index contributed by atoms with van der Waals surface area (Å²) in [4.78, 5) is 15.6. The molecule has 0 saturated heterocycles. The molecular formula is C17H24N2O. The Morgan fingerprint density at radius 3 is 2.55 bits per heavy atom. The molecule has 3 heteroatoms. The Labute approximate surface area is 120 Å². The lowest BCUT2D eigenvalue weighted by atomic mass is 9.95. The fraction of sp³-hybridized carbons (Fsp3) is 0.471. The first-order valence-corrected chi connectivity index (χ1v) is 7.33. The smallest absolute Gasteiger partial charge is 0.152 e. The number of aromatic amines is 1. The summed E-state index contributed by atoms with van der Waals surface area (Å²) >= 11 is 0. The van der Waals surface area contributed by atoms with E-state index >= 15 is 0 Å². The molecule has 20 heavy (non-hydrogen) atoms. The Morgan fingerprint density at radius 2 is 1.90 bits per heavy atom. The number of hydrogen-bond donors (Lipinski definition) is 2. The van der Waals surface area contributed by atoms with Crippen LogP contribution in [0.25, 0.3) is 10.9 Å². The van der Waals surface area contributed by atoms with Gasteiger partial charge in [0.15, 0.2) is 5.78 Å². The van der Waals surface area contributed by atoms with Crippen molar-refractivity contribution in [3.63, 3.8) is 0 Å². The van der Waals surface area contributed by atoms with Crippen molar-refractivity contribution in [2.24, 2.45) is 5.92 Å². The van der Waals surface area contributed by atoms with Crippen LogP contribution in [0.5, 0.6) is 0 Å². The van der Waals surface area contributed by atoms with Crippen LogP contribution >= 0.6 is 0 Å². The molecule has 0 aliphatic heterocycles. The van der Waals surface area contributed by atoms with Crippen LogP contribution in [-0.4, -0.2) is 22.9 Å². The minimum atomic E-state index is -0.116. The van der Waals surface area contributed by atoms with Gasteiger partial charge in [-0.2, -0.15) is 0 Å². The maximum absolute atomic E-state index is 12.4. The quantitative estimate of drug-likeness (QED) is 0.847. The molecule has 0 unspecified atom stereocenters. The van der Waals surface area contributed by atoms with E-state index in [2.05, 4.69) is 36.3 Å². The van der Waals surface area contributed by atoms with E-state index in [9.17, 15) is 4.79 Å². The first kappa shape index (κ1) is 14.8. The number of fused-ring (bicyclic) bond motifs is 1. The molecular weight excluding hydrogens is 248 g/mol. The standard InChI is InChI=1S/C17H24N2O/c1-11(2)17(20)16(19-12(3)4)9-13-10-18-15-8-6-5-7-14(13)15/h5-8,10-12,16,18-19H,9H2,1-4H3/t16-/m0/s1. The second-order valence-corrected chi connectivity index (χ2v) is 5.99. The number of carbonyl (C=O) groups excluding carboxylic acids is 1. The molecule has 1 atom stereocenters. The molecule has 0 aliphatic carbocycles. The highest BCUT2D eigenvalue weighted by molar-refractivity contribution is 5.88. The molecule has 0 radical (unpaired) electrons. The highest BCUT2D eigenvalue weighted by Crippen LogP contribution is 2.20. The topological polar surface area (TPSA) is 44.9 Å². The molecule has 1 aromatic carbocycles. The monoisotopic (exact) mass is 272 g/mol. The number of para-hydroxylation sites is 1. The average Bonchev–Trinajstić information content (AvgIpc) is 2.80. The summed E-state index contributed by atoms with van der Waals surface area (Å²) in [5.74, 6) is 0.334. The van der Waals surface area contributed by atoms with Crippen LogP contribution in [0.3, 0.4) is 0 Å². The SMILES string of the molecule is CC(C)N[C@@H](Cc1c[nH]c2ccccc12)C(=O)C(C)C. The third kappa shape index (κ3) is 3.28. The summed E-state index contributed by atoms with van der Waals surface area (Å²) in [5.41, 5.74) is 2.33. The van der Waals surface area contributed by atoms with Gasteiger partial charge in [-0.15, -0.1) is 0 Å². The highest BCUT2D eigenvalue weighted by Gasteiger charge is 2.23. The first-order valence-electron chi connectivity index (χ1n) is 7.33. The number of rotatable bonds is 6. The molecule has 2 N–H and O–H groups in total. The fourth-order valence-corrected chi connectivity index (χ4v) is 2.57. The van der Waals surface area contributed by atoms with Crippen molar-refractivity contribution in [2.45, 2.75) is 46.2 Å². The summed E-state index contributed by atoms with van der Waals surface area (Å²) < 4.78 is 0. The zero-order valence-electron chi connectivity index (χ0n) is 12.7. The van der Waals surface area contributed by atoms with Crippen LogP contribution in [0.4, 0.5) is 0 Å². The number of hydrogen-bond acceptors (Lipinski definition) is 2. The third-order valence-corrected chi connectivity index (χ3v) is 3.55. The van der Waals surface area contributed by atoms with Crippen molar-refractivity contribution in [3.8, 4) is 0 Å². The van der Waals surface area contributed by atoms with E-state index in [0.29, 0.717) is 6.04 Å². The van der Waals surface area contributed by atoms with Crippen LogP contribution in [0.15, 0.2) is 30.5 Å². The molecule has 1 aromatic heterocycles. The number of nitrogens with one attached hydrogen (secondary N) is 2. The predicted octanol–water partition coefficient (Wildman–Crippen LogP) is 3.30. The van der Waals surface area contributed by atoms with Crippen molar-refractivity contribution in [2.75, 3.05) is 0 Å². The number of benzene rings is 1. The highest BCUT2D eigenvalue weighted by atomic mass is 16.1. The Morgan fingerprint density at radius 1 is 1.20 bits per heavy atom. The Bertz CT molecular complexity index is 583. The van der Waals surface area contributed by atoms with Crippen LogP contribution in [0, 0.1) is 5.92 Å². The first-order chi connectivity index (χ1) is 9.49. The lowest BCUT2D eigenvalue weighted by Crippen LogP contribution is -2.44. The van der Waals surface area contributed by atoms with E-state index in [1.165, 1.54) is 10.9 Å². The van der Waals surface area contributed by atoms with E-state index in [1.807, 2.05) is 32.2 Å². The Kier molecular flexibility index (Phi) is 4.61. The van der Waals surface area contributed by atoms with Gasteiger partial charge in [0.1, 0.15) is 0 Å². The van der Waals surface area contributed by atoms with Crippen LogP contribution < -0.4 is 5.32 Å². The molecule has 1 heterocycles. The zero-order chi connectivity index (χ0) is 14.7. The number of H-pyrrole nitrogens is 1. The number of aromatic nitrogens is 1. The predicted molar refractivity (Wildman–Crippen MR) is 83.9 cm³/mol. The molecule has 0 saturated carbocycles. The van der Waals surface area contributed by atoms with E-state index in [-0.39, 0.29) is 17.7 Å². The van der Waals surface area contributed by atoms with Gasteiger partial charge in [-0.05, 0) is 18.1 Å². The van der Waals surface area contributed by atoms with E-state index in [0.717, 1.165) is 11.9 Å². The molecule has 0 bridgehead atoms. The summed E-state index contributed by atoms with van der Waals surface area (Å²) in [5, 5.41) is 4.61. The van der Waals surface area contributed by atoms with Crippen LogP contribution in [0.2, 0.25) is 0 Å². The molecule has 0 fully saturated rings. The van der Waals surface area contributed by atoms with Crippen molar-refractivity contribution < 1.29 is 4.79 Å². The van der Waals surface area contributed by atoms with Gasteiger partial charge >= 0.3 is 0 Å². The number of Topliss-reactive ketones (excluding diaryl/α,β-unsaturated/α-hetero) is 1. The Balaban J connectivity index is 2.25. The van der Waals surface area contributed by atoms with Gasteiger partial charge in [0.05, 0.1) is 6.04 Å². The third-order valence-electron chi connectivity index (χ3n) is 3.55. The van der Waals surface area contributed by atoms with Crippen molar-refractivity contribution in [1.29, 1.82) is 0 Å². The van der Waals surface area contributed by atoms with E-state index in [1.54, 1.807) is 0 Å². The summed E-state index contributed by atoms with van der Waals surface area (Å²) in [6, 6.07) is 8.41. The summed E-state index contributed by atoms with van der Waals surface area (Å²) in [7, 11) is 0. The van der Waals surface area contributed by atoms with Crippen molar-refractivity contribution in [3.05, 3.63) is 36.0 Å². The summed E-state index contributed by atoms with van der Waals surface area (Å²) in [6.07, 6.45) is 2.76. The average molecular weight is 272 g/mol. The van der Waals surface area contributed by atoms with Crippen LogP contribution in [0.1, 0.15) is 33.3 Å².